The Balaban J connectivity index is 1.90. The lowest BCUT2D eigenvalue weighted by atomic mass is 9.99. The van der Waals surface area contributed by atoms with Crippen molar-refractivity contribution in [2.75, 3.05) is 11.4 Å². The molecule has 2 heterocycles. The molecule has 1 amide bonds. The normalized spacial score (nSPS) is 22.3. The van der Waals surface area contributed by atoms with Gasteiger partial charge in [-0.3, -0.25) is 0 Å². The maximum Gasteiger partial charge on any atom is 0.407 e. The first-order chi connectivity index (χ1) is 10.7. The minimum absolute atomic E-state index is 0.101. The van der Waals surface area contributed by atoms with Crippen LogP contribution in [0, 0.1) is 0 Å². The molecule has 0 bridgehead atoms. The Morgan fingerprint density at radius 3 is 2.65 bits per heavy atom. The van der Waals surface area contributed by atoms with E-state index in [9.17, 15) is 4.79 Å². The van der Waals surface area contributed by atoms with E-state index in [-0.39, 0.29) is 24.1 Å². The van der Waals surface area contributed by atoms with Gasteiger partial charge in [0.1, 0.15) is 5.60 Å². The number of nitrogens with zero attached hydrogens (tertiary/aromatic N) is 3. The van der Waals surface area contributed by atoms with Crippen molar-refractivity contribution in [1.82, 2.24) is 15.5 Å². The minimum atomic E-state index is -0.479. The zero-order chi connectivity index (χ0) is 17.2. The summed E-state index contributed by atoms with van der Waals surface area (Å²) in [5, 5.41) is 6.96. The predicted molar refractivity (Wildman–Crippen MR) is 87.6 cm³/mol. The Morgan fingerprint density at radius 1 is 1.43 bits per heavy atom. The zero-order valence-corrected chi connectivity index (χ0v) is 14.9. The number of anilines is 1. The van der Waals surface area contributed by atoms with E-state index in [1.54, 1.807) is 0 Å². The topological polar surface area (TPSA) is 80.5 Å². The standard InChI is InChI=1S/C16H28N4O3/c1-10(2)13-18-14(23-19-13)20-8-7-12(9-11(20)3)17-15(21)22-16(4,5)6/h10-12H,7-9H2,1-6H3,(H,17,21). The van der Waals surface area contributed by atoms with Crippen molar-refractivity contribution in [2.24, 2.45) is 0 Å². The molecular weight excluding hydrogens is 296 g/mol. The van der Waals surface area contributed by atoms with Gasteiger partial charge in [0.15, 0.2) is 5.82 Å². The monoisotopic (exact) mass is 324 g/mol. The van der Waals surface area contributed by atoms with E-state index >= 15 is 0 Å². The average molecular weight is 324 g/mol. The SMILES string of the molecule is CC(C)c1noc(N2CCC(NC(=O)OC(C)(C)C)CC2C)n1. The minimum Gasteiger partial charge on any atom is -0.444 e. The molecule has 0 aromatic carbocycles. The van der Waals surface area contributed by atoms with Gasteiger partial charge in [-0.25, -0.2) is 4.79 Å². The van der Waals surface area contributed by atoms with Crippen LogP contribution in [-0.4, -0.2) is 40.5 Å². The molecule has 1 N–H and O–H groups in total. The molecule has 1 saturated heterocycles. The van der Waals surface area contributed by atoms with Crippen LogP contribution in [-0.2, 0) is 4.74 Å². The van der Waals surface area contributed by atoms with Crippen LogP contribution in [0.1, 0.15) is 66.1 Å². The first-order valence-corrected chi connectivity index (χ1v) is 8.25. The molecule has 7 nitrogen and oxygen atoms in total. The average Bonchev–Trinajstić information content (AvgIpc) is 2.85. The van der Waals surface area contributed by atoms with E-state index in [4.69, 9.17) is 9.26 Å². The van der Waals surface area contributed by atoms with Gasteiger partial charge < -0.3 is 19.5 Å². The summed E-state index contributed by atoms with van der Waals surface area (Å²) in [4.78, 5) is 18.4. The highest BCUT2D eigenvalue weighted by Gasteiger charge is 2.30. The number of alkyl carbamates (subject to hydrolysis) is 1. The van der Waals surface area contributed by atoms with Crippen LogP contribution < -0.4 is 10.2 Å². The number of hydrogen-bond donors (Lipinski definition) is 1. The Hall–Kier alpha value is -1.79. The molecule has 1 aliphatic heterocycles. The van der Waals surface area contributed by atoms with E-state index in [1.807, 2.05) is 34.6 Å². The molecule has 1 aromatic rings. The van der Waals surface area contributed by atoms with Gasteiger partial charge in [-0.1, -0.05) is 19.0 Å². The third-order valence-corrected chi connectivity index (χ3v) is 3.79. The molecule has 0 spiro atoms. The summed E-state index contributed by atoms with van der Waals surface area (Å²) >= 11 is 0. The lowest BCUT2D eigenvalue weighted by molar-refractivity contribution is 0.0493. The van der Waals surface area contributed by atoms with Crippen LogP contribution in [0.4, 0.5) is 10.8 Å². The van der Waals surface area contributed by atoms with Crippen LogP contribution in [0.25, 0.3) is 0 Å². The third-order valence-electron chi connectivity index (χ3n) is 3.79. The number of carbonyl (C=O) groups excluding carboxylic acids is 1. The van der Waals surface area contributed by atoms with Crippen molar-refractivity contribution in [3.05, 3.63) is 5.82 Å². The molecule has 23 heavy (non-hydrogen) atoms. The number of rotatable bonds is 3. The summed E-state index contributed by atoms with van der Waals surface area (Å²) in [5.41, 5.74) is -0.479. The van der Waals surface area contributed by atoms with Crippen LogP contribution in [0.15, 0.2) is 4.52 Å². The van der Waals surface area contributed by atoms with Gasteiger partial charge in [0.2, 0.25) is 0 Å². The highest BCUT2D eigenvalue weighted by molar-refractivity contribution is 5.68. The predicted octanol–water partition coefficient (Wildman–Crippen LogP) is 3.08. The lowest BCUT2D eigenvalue weighted by Gasteiger charge is -2.36. The van der Waals surface area contributed by atoms with Crippen molar-refractivity contribution in [1.29, 1.82) is 0 Å². The summed E-state index contributed by atoms with van der Waals surface area (Å²) in [5.74, 6) is 0.968. The van der Waals surface area contributed by atoms with Gasteiger partial charge in [-0.15, -0.1) is 0 Å². The Kier molecular flexibility index (Phi) is 5.16. The Bertz CT molecular complexity index is 536. The molecule has 7 heteroatoms. The number of aromatic nitrogens is 2. The van der Waals surface area contributed by atoms with E-state index in [1.165, 1.54) is 0 Å². The fourth-order valence-corrected chi connectivity index (χ4v) is 2.64. The summed E-state index contributed by atoms with van der Waals surface area (Å²) in [6, 6.07) is 0.879. The largest absolute Gasteiger partial charge is 0.444 e. The Labute approximate surface area is 137 Å². The second kappa shape index (κ2) is 6.76. The second-order valence-electron chi connectivity index (χ2n) is 7.50. The number of carbonyl (C=O) groups is 1. The highest BCUT2D eigenvalue weighted by Crippen LogP contribution is 2.25. The Morgan fingerprint density at radius 2 is 2.13 bits per heavy atom. The summed E-state index contributed by atoms with van der Waals surface area (Å²) in [6.07, 6.45) is 1.28. The van der Waals surface area contributed by atoms with Gasteiger partial charge in [0.05, 0.1) is 0 Å². The van der Waals surface area contributed by atoms with Gasteiger partial charge in [-0.05, 0) is 40.5 Å². The fourth-order valence-electron chi connectivity index (χ4n) is 2.64. The van der Waals surface area contributed by atoms with E-state index < -0.39 is 5.60 Å². The summed E-state index contributed by atoms with van der Waals surface area (Å²) in [7, 11) is 0. The summed E-state index contributed by atoms with van der Waals surface area (Å²) in [6.45, 7) is 12.5. The van der Waals surface area contributed by atoms with Gasteiger partial charge in [0.25, 0.3) is 0 Å². The molecule has 1 aromatic heterocycles. The molecule has 0 radical (unpaired) electrons. The number of ether oxygens (including phenoxy) is 1. The number of piperidine rings is 1. The molecule has 0 aliphatic carbocycles. The second-order valence-corrected chi connectivity index (χ2v) is 7.50. The lowest BCUT2D eigenvalue weighted by Crippen LogP contribution is -2.50. The fraction of sp³-hybridized carbons (Fsp3) is 0.812. The first-order valence-electron chi connectivity index (χ1n) is 8.25. The van der Waals surface area contributed by atoms with Crippen molar-refractivity contribution in [2.45, 2.75) is 78.0 Å². The molecule has 130 valence electrons. The van der Waals surface area contributed by atoms with Gasteiger partial charge >= 0.3 is 12.1 Å². The molecular formula is C16H28N4O3. The highest BCUT2D eigenvalue weighted by atomic mass is 16.6. The van der Waals surface area contributed by atoms with Crippen LogP contribution >= 0.6 is 0 Å². The van der Waals surface area contributed by atoms with Gasteiger partial charge in [0, 0.05) is 24.5 Å². The maximum atomic E-state index is 11.9. The summed E-state index contributed by atoms with van der Waals surface area (Å²) < 4.78 is 10.7. The molecule has 2 atom stereocenters. The molecule has 1 fully saturated rings. The van der Waals surface area contributed by atoms with Crippen LogP contribution in [0.5, 0.6) is 0 Å². The molecule has 2 unspecified atom stereocenters. The smallest absolute Gasteiger partial charge is 0.407 e. The number of nitrogens with one attached hydrogen (secondary N) is 1. The van der Waals surface area contributed by atoms with Crippen LogP contribution in [0.2, 0.25) is 0 Å². The first kappa shape index (κ1) is 17.6. The quantitative estimate of drug-likeness (QED) is 0.920. The number of amides is 1. The van der Waals surface area contributed by atoms with E-state index in [0.29, 0.717) is 6.01 Å². The van der Waals surface area contributed by atoms with Crippen molar-refractivity contribution in [3.8, 4) is 0 Å². The number of hydrogen-bond acceptors (Lipinski definition) is 6. The zero-order valence-electron chi connectivity index (χ0n) is 14.9. The van der Waals surface area contributed by atoms with Crippen molar-refractivity contribution < 1.29 is 14.1 Å². The third kappa shape index (κ3) is 4.84. The van der Waals surface area contributed by atoms with Gasteiger partial charge in [-0.2, -0.15) is 4.98 Å². The molecule has 1 aliphatic rings. The maximum absolute atomic E-state index is 11.9. The van der Waals surface area contributed by atoms with Crippen molar-refractivity contribution in [3.63, 3.8) is 0 Å². The molecule has 0 saturated carbocycles. The molecule has 2 rings (SSSR count). The van der Waals surface area contributed by atoms with E-state index in [2.05, 4.69) is 27.3 Å². The van der Waals surface area contributed by atoms with Crippen molar-refractivity contribution >= 4 is 12.1 Å². The van der Waals surface area contributed by atoms with E-state index in [0.717, 1.165) is 25.2 Å². The van der Waals surface area contributed by atoms with Crippen LogP contribution in [0.3, 0.4) is 0 Å².